The van der Waals surface area contributed by atoms with Crippen molar-refractivity contribution in [3.8, 4) is 0 Å². The first kappa shape index (κ1) is 20.1. The highest BCUT2D eigenvalue weighted by molar-refractivity contribution is 5.99. The number of carbonyl (C=O) groups excluding carboxylic acids is 2. The van der Waals surface area contributed by atoms with E-state index < -0.39 is 5.60 Å². The molecule has 1 aliphatic rings. The van der Waals surface area contributed by atoms with Crippen molar-refractivity contribution in [2.24, 2.45) is 0 Å². The predicted molar refractivity (Wildman–Crippen MR) is 110 cm³/mol. The van der Waals surface area contributed by atoms with Gasteiger partial charge >= 0.3 is 0 Å². The van der Waals surface area contributed by atoms with Gasteiger partial charge in [0.05, 0.1) is 6.04 Å². The van der Waals surface area contributed by atoms with Gasteiger partial charge in [0.2, 0.25) is 5.91 Å². The molecule has 148 valence electrons. The molecular weight excluding hydrogens is 352 g/mol. The van der Waals surface area contributed by atoms with Gasteiger partial charge in [-0.2, -0.15) is 0 Å². The summed E-state index contributed by atoms with van der Waals surface area (Å²) >= 11 is 0. The summed E-state index contributed by atoms with van der Waals surface area (Å²) in [6, 6.07) is 17.9. The maximum atomic E-state index is 13.1. The van der Waals surface area contributed by atoms with E-state index in [-0.39, 0.29) is 24.4 Å². The summed E-state index contributed by atoms with van der Waals surface area (Å²) < 4.78 is 5.40. The minimum absolute atomic E-state index is 0.0526. The number of ether oxygens (including phenoxy) is 1. The summed E-state index contributed by atoms with van der Waals surface area (Å²) in [5.41, 5.74) is 2.18. The highest BCUT2D eigenvalue weighted by Gasteiger charge is 2.41. The maximum absolute atomic E-state index is 13.1. The number of amides is 2. The largest absolute Gasteiger partial charge is 0.369 e. The molecule has 0 bridgehead atoms. The number of anilines is 1. The van der Waals surface area contributed by atoms with Gasteiger partial charge in [-0.15, -0.1) is 0 Å². The molecule has 0 radical (unpaired) electrons. The Morgan fingerprint density at radius 1 is 1.11 bits per heavy atom. The Hall–Kier alpha value is -2.66. The van der Waals surface area contributed by atoms with E-state index in [4.69, 9.17) is 4.74 Å². The van der Waals surface area contributed by atoms with Crippen molar-refractivity contribution in [3.05, 3.63) is 65.7 Å². The van der Waals surface area contributed by atoms with Crippen molar-refractivity contribution in [1.29, 1.82) is 0 Å². The first-order valence-electron chi connectivity index (χ1n) is 9.59. The molecule has 5 nitrogen and oxygen atoms in total. The molecule has 3 rings (SSSR count). The number of hydrogen-bond acceptors (Lipinski definition) is 3. The lowest BCUT2D eigenvalue weighted by Crippen LogP contribution is -2.62. The molecule has 0 spiro atoms. The fourth-order valence-corrected chi connectivity index (χ4v) is 3.48. The van der Waals surface area contributed by atoms with Gasteiger partial charge in [0.25, 0.3) is 5.91 Å². The van der Waals surface area contributed by atoms with E-state index >= 15 is 0 Å². The molecule has 1 aliphatic heterocycles. The number of benzene rings is 2. The van der Waals surface area contributed by atoms with E-state index in [1.165, 1.54) is 7.11 Å². The van der Waals surface area contributed by atoms with Gasteiger partial charge < -0.3 is 14.5 Å². The first-order valence-corrected chi connectivity index (χ1v) is 9.59. The summed E-state index contributed by atoms with van der Waals surface area (Å²) in [7, 11) is 1.52. The smallest absolute Gasteiger partial charge is 0.255 e. The molecule has 2 aromatic rings. The van der Waals surface area contributed by atoms with Crippen LogP contribution in [0.25, 0.3) is 0 Å². The van der Waals surface area contributed by atoms with Crippen molar-refractivity contribution < 1.29 is 14.3 Å². The average Bonchev–Trinajstić information content (AvgIpc) is 2.70. The molecule has 0 unspecified atom stereocenters. The van der Waals surface area contributed by atoms with Crippen molar-refractivity contribution in [2.75, 3.05) is 25.1 Å². The van der Waals surface area contributed by atoms with Crippen molar-refractivity contribution >= 4 is 17.5 Å². The zero-order valence-electron chi connectivity index (χ0n) is 17.0. The summed E-state index contributed by atoms with van der Waals surface area (Å²) in [5, 5.41) is 0. The van der Waals surface area contributed by atoms with Crippen LogP contribution >= 0.6 is 0 Å². The van der Waals surface area contributed by atoms with Crippen molar-refractivity contribution in [2.45, 2.75) is 38.8 Å². The van der Waals surface area contributed by atoms with Crippen LogP contribution in [-0.2, 0) is 20.7 Å². The molecule has 5 heteroatoms. The quantitative estimate of drug-likeness (QED) is 0.800. The molecule has 0 aliphatic carbocycles. The van der Waals surface area contributed by atoms with Gasteiger partial charge in [-0.1, -0.05) is 48.0 Å². The third-order valence-electron chi connectivity index (χ3n) is 5.39. The van der Waals surface area contributed by atoms with Gasteiger partial charge in [0.1, 0.15) is 12.1 Å². The zero-order valence-corrected chi connectivity index (χ0v) is 17.0. The van der Waals surface area contributed by atoms with E-state index in [0.717, 1.165) is 16.8 Å². The number of methoxy groups -OCH3 is 1. The van der Waals surface area contributed by atoms with Crippen LogP contribution in [0.15, 0.2) is 54.6 Å². The number of nitrogens with zero attached hydrogens (tertiary/aromatic N) is 2. The number of rotatable bonds is 5. The molecule has 0 saturated carbocycles. The number of piperazine rings is 1. The normalized spacial score (nSPS) is 17.7. The molecule has 0 N–H and O–H groups in total. The molecule has 2 amide bonds. The van der Waals surface area contributed by atoms with Crippen LogP contribution in [0.5, 0.6) is 0 Å². The molecule has 1 atom stereocenters. The van der Waals surface area contributed by atoms with E-state index in [1.807, 2.05) is 49.4 Å². The second-order valence-corrected chi connectivity index (χ2v) is 7.83. The molecule has 1 fully saturated rings. The van der Waals surface area contributed by atoms with Crippen LogP contribution in [-0.4, -0.2) is 48.6 Å². The van der Waals surface area contributed by atoms with E-state index in [1.54, 1.807) is 23.6 Å². The highest BCUT2D eigenvalue weighted by atomic mass is 16.5. The van der Waals surface area contributed by atoms with E-state index in [0.29, 0.717) is 13.0 Å². The van der Waals surface area contributed by atoms with Gasteiger partial charge in [-0.3, -0.25) is 9.59 Å². The maximum Gasteiger partial charge on any atom is 0.255 e. The molecule has 28 heavy (non-hydrogen) atoms. The van der Waals surface area contributed by atoms with Gasteiger partial charge in [-0.25, -0.2) is 0 Å². The molecule has 1 heterocycles. The minimum Gasteiger partial charge on any atom is -0.369 e. The van der Waals surface area contributed by atoms with Crippen molar-refractivity contribution in [1.82, 2.24) is 4.90 Å². The molecule has 0 aromatic heterocycles. The summed E-state index contributed by atoms with van der Waals surface area (Å²) in [6.45, 7) is 6.02. The molecular formula is C23H28N2O3. The Bertz CT molecular complexity index is 831. The summed E-state index contributed by atoms with van der Waals surface area (Å²) in [4.78, 5) is 29.5. The lowest BCUT2D eigenvalue weighted by atomic mass is 9.98. The Morgan fingerprint density at radius 3 is 2.36 bits per heavy atom. The number of carbonyl (C=O) groups is 2. The SMILES string of the molecule is COC(C)(C)C(=O)N1CC(=O)N(c2ccc(C)cc2)C[C@H]1Cc1ccccc1. The minimum atomic E-state index is -0.971. The third-order valence-corrected chi connectivity index (χ3v) is 5.39. The number of aryl methyl sites for hydroxylation is 1. The van der Waals surface area contributed by atoms with Crippen LogP contribution in [0.2, 0.25) is 0 Å². The Balaban J connectivity index is 1.90. The molecule has 2 aromatic carbocycles. The monoisotopic (exact) mass is 380 g/mol. The Morgan fingerprint density at radius 2 is 1.75 bits per heavy atom. The summed E-state index contributed by atoms with van der Waals surface area (Å²) in [5.74, 6) is -0.235. The van der Waals surface area contributed by atoms with Gasteiger partial charge in [0, 0.05) is 19.3 Å². The second-order valence-electron chi connectivity index (χ2n) is 7.83. The fourth-order valence-electron chi connectivity index (χ4n) is 3.48. The van der Waals surface area contributed by atoms with Gasteiger partial charge in [0.15, 0.2) is 0 Å². The Labute approximate surface area is 166 Å². The third kappa shape index (κ3) is 4.25. The summed E-state index contributed by atoms with van der Waals surface area (Å²) in [6.07, 6.45) is 0.683. The van der Waals surface area contributed by atoms with Crippen LogP contribution in [0.4, 0.5) is 5.69 Å². The Kier molecular flexibility index (Phi) is 5.84. The number of hydrogen-bond donors (Lipinski definition) is 0. The highest BCUT2D eigenvalue weighted by Crippen LogP contribution is 2.25. The van der Waals surface area contributed by atoms with Crippen LogP contribution < -0.4 is 4.90 Å². The zero-order chi connectivity index (χ0) is 20.3. The second kappa shape index (κ2) is 8.15. The average molecular weight is 380 g/mol. The standard InChI is InChI=1S/C23H28N2O3/c1-17-10-12-19(13-11-17)24-15-20(14-18-8-6-5-7-9-18)25(16-21(24)26)22(27)23(2,3)28-4/h5-13,20H,14-16H2,1-4H3/t20-/m1/s1. The van der Waals surface area contributed by atoms with Crippen LogP contribution in [0.1, 0.15) is 25.0 Å². The van der Waals surface area contributed by atoms with Crippen LogP contribution in [0.3, 0.4) is 0 Å². The van der Waals surface area contributed by atoms with Crippen LogP contribution in [0, 0.1) is 6.92 Å². The topological polar surface area (TPSA) is 49.9 Å². The fraction of sp³-hybridized carbons (Fsp3) is 0.391. The predicted octanol–water partition coefficient (Wildman–Crippen LogP) is 3.21. The van der Waals surface area contributed by atoms with Crippen molar-refractivity contribution in [3.63, 3.8) is 0 Å². The lowest BCUT2D eigenvalue weighted by Gasteiger charge is -2.43. The first-order chi connectivity index (χ1) is 13.3. The van der Waals surface area contributed by atoms with Gasteiger partial charge in [-0.05, 0) is 44.9 Å². The lowest BCUT2D eigenvalue weighted by molar-refractivity contribution is -0.156. The van der Waals surface area contributed by atoms with E-state index in [9.17, 15) is 9.59 Å². The van der Waals surface area contributed by atoms with E-state index in [2.05, 4.69) is 12.1 Å². The molecule has 1 saturated heterocycles.